The minimum atomic E-state index is -1.16. The minimum Gasteiger partial charge on any atom is -0.381 e. The molecule has 1 aromatic carbocycles. The summed E-state index contributed by atoms with van der Waals surface area (Å²) in [7, 11) is 0. The van der Waals surface area contributed by atoms with Crippen LogP contribution >= 0.6 is 0 Å². The molecule has 1 saturated heterocycles. The average molecular weight is 356 g/mol. The minimum absolute atomic E-state index is 0.152. The molecular formula is C21H28N2O3. The Bertz CT molecular complexity index is 638. The highest BCUT2D eigenvalue weighted by molar-refractivity contribution is 5.93. The van der Waals surface area contributed by atoms with E-state index in [1.165, 1.54) is 12.5 Å². The van der Waals surface area contributed by atoms with Crippen LogP contribution in [-0.2, 0) is 9.59 Å². The smallest absolute Gasteiger partial charge is 0.251 e. The molecule has 0 aromatic heterocycles. The molecule has 2 N–H and O–H groups in total. The molecule has 2 aliphatic rings. The Labute approximate surface area is 155 Å². The third kappa shape index (κ3) is 4.73. The van der Waals surface area contributed by atoms with E-state index in [2.05, 4.69) is 5.32 Å². The molecule has 2 unspecified atom stereocenters. The van der Waals surface area contributed by atoms with E-state index in [0.717, 1.165) is 37.7 Å². The van der Waals surface area contributed by atoms with Crippen molar-refractivity contribution < 1.29 is 14.7 Å². The van der Waals surface area contributed by atoms with Crippen molar-refractivity contribution in [1.29, 1.82) is 0 Å². The first-order chi connectivity index (χ1) is 12.6. The first-order valence-corrected chi connectivity index (χ1v) is 9.67. The molecule has 1 heterocycles. The van der Waals surface area contributed by atoms with Crippen molar-refractivity contribution in [3.05, 3.63) is 42.0 Å². The van der Waals surface area contributed by atoms with Gasteiger partial charge in [-0.2, -0.15) is 0 Å². The van der Waals surface area contributed by atoms with Crippen molar-refractivity contribution in [3.63, 3.8) is 0 Å². The van der Waals surface area contributed by atoms with Gasteiger partial charge in [0.05, 0.1) is 6.04 Å². The molecule has 26 heavy (non-hydrogen) atoms. The summed E-state index contributed by atoms with van der Waals surface area (Å²) in [5.74, 6) is -0.491. The number of rotatable bonds is 5. The second kappa shape index (κ2) is 8.99. The van der Waals surface area contributed by atoms with Crippen molar-refractivity contribution in [3.8, 4) is 0 Å². The van der Waals surface area contributed by atoms with E-state index >= 15 is 0 Å². The molecule has 3 rings (SSSR count). The second-order valence-corrected chi connectivity index (χ2v) is 7.27. The second-order valence-electron chi connectivity index (χ2n) is 7.27. The lowest BCUT2D eigenvalue weighted by molar-refractivity contribution is -0.137. The number of aliphatic hydroxyl groups excluding tert-OH is 1. The number of aliphatic hydroxyl groups is 1. The number of amides is 2. The van der Waals surface area contributed by atoms with Gasteiger partial charge in [0.25, 0.3) is 5.91 Å². The van der Waals surface area contributed by atoms with Gasteiger partial charge in [0.1, 0.15) is 0 Å². The third-order valence-electron chi connectivity index (χ3n) is 5.38. The molecule has 1 saturated carbocycles. The van der Waals surface area contributed by atoms with Crippen LogP contribution in [0.3, 0.4) is 0 Å². The molecule has 0 radical (unpaired) electrons. The number of likely N-dealkylation sites (tertiary alicyclic amines) is 1. The van der Waals surface area contributed by atoms with E-state index in [1.54, 1.807) is 11.0 Å². The van der Waals surface area contributed by atoms with Gasteiger partial charge in [0.15, 0.2) is 6.10 Å². The van der Waals surface area contributed by atoms with Gasteiger partial charge in [-0.25, -0.2) is 0 Å². The van der Waals surface area contributed by atoms with Crippen molar-refractivity contribution in [2.45, 2.75) is 63.1 Å². The lowest BCUT2D eigenvalue weighted by atomic mass is 9.95. The molecule has 1 aliphatic heterocycles. The molecule has 0 bridgehead atoms. The quantitative estimate of drug-likeness (QED) is 0.797. The standard InChI is InChI=1S/C21H28N2O3/c24-19(14-13-16-8-3-1-4-9-16)23-15-7-12-18(23)20(25)21(26)22-17-10-5-2-6-11-17/h1,3-4,8-9,13-14,17-18,20,25H,2,5-7,10-12,15H2,(H,22,26). The monoisotopic (exact) mass is 356 g/mol. The zero-order valence-corrected chi connectivity index (χ0v) is 15.1. The molecule has 140 valence electrons. The summed E-state index contributed by atoms with van der Waals surface area (Å²) in [6.07, 6.45) is 9.02. The normalized spacial score (nSPS) is 22.5. The summed E-state index contributed by atoms with van der Waals surface area (Å²) < 4.78 is 0. The molecule has 5 heteroatoms. The Kier molecular flexibility index (Phi) is 6.45. The van der Waals surface area contributed by atoms with Gasteiger partial charge in [0, 0.05) is 18.7 Å². The largest absolute Gasteiger partial charge is 0.381 e. The van der Waals surface area contributed by atoms with Crippen molar-refractivity contribution in [1.82, 2.24) is 10.2 Å². The molecular weight excluding hydrogens is 328 g/mol. The van der Waals surface area contributed by atoms with Crippen LogP contribution in [0.15, 0.2) is 36.4 Å². The summed E-state index contributed by atoms with van der Waals surface area (Å²) in [5, 5.41) is 13.5. The highest BCUT2D eigenvalue weighted by Gasteiger charge is 2.37. The Balaban J connectivity index is 1.58. The van der Waals surface area contributed by atoms with Crippen LogP contribution in [0.5, 0.6) is 0 Å². The summed E-state index contributed by atoms with van der Waals surface area (Å²) in [6, 6.07) is 9.34. The Morgan fingerprint density at radius 1 is 1.08 bits per heavy atom. The van der Waals surface area contributed by atoms with Crippen molar-refractivity contribution >= 4 is 17.9 Å². The SMILES string of the molecule is O=C(NC1CCCCC1)C(O)C1CCCN1C(=O)C=Cc1ccccc1. The van der Waals surface area contributed by atoms with E-state index in [0.29, 0.717) is 13.0 Å². The van der Waals surface area contributed by atoms with E-state index in [4.69, 9.17) is 0 Å². The van der Waals surface area contributed by atoms with Gasteiger partial charge in [-0.1, -0.05) is 49.6 Å². The van der Waals surface area contributed by atoms with Crippen molar-refractivity contribution in [2.24, 2.45) is 0 Å². The lowest BCUT2D eigenvalue weighted by Crippen LogP contribution is -2.51. The Morgan fingerprint density at radius 3 is 2.54 bits per heavy atom. The summed E-state index contributed by atoms with van der Waals surface area (Å²) in [4.78, 5) is 26.6. The number of hydrogen-bond acceptors (Lipinski definition) is 3. The van der Waals surface area contributed by atoms with Gasteiger partial charge in [-0.05, 0) is 37.3 Å². The summed E-state index contributed by atoms with van der Waals surface area (Å²) in [5.41, 5.74) is 0.951. The molecule has 1 aromatic rings. The summed E-state index contributed by atoms with van der Waals surface area (Å²) >= 11 is 0. The molecule has 0 spiro atoms. The van der Waals surface area contributed by atoms with Crippen LogP contribution in [0, 0.1) is 0 Å². The molecule has 5 nitrogen and oxygen atoms in total. The fourth-order valence-corrected chi connectivity index (χ4v) is 3.93. The highest BCUT2D eigenvalue weighted by atomic mass is 16.3. The Hall–Kier alpha value is -2.14. The predicted molar refractivity (Wildman–Crippen MR) is 101 cm³/mol. The topological polar surface area (TPSA) is 69.6 Å². The molecule has 1 aliphatic carbocycles. The zero-order valence-electron chi connectivity index (χ0n) is 15.1. The number of hydrogen-bond donors (Lipinski definition) is 2. The van der Waals surface area contributed by atoms with Crippen LogP contribution in [-0.4, -0.2) is 46.6 Å². The highest BCUT2D eigenvalue weighted by Crippen LogP contribution is 2.22. The molecule has 2 fully saturated rings. The lowest BCUT2D eigenvalue weighted by Gasteiger charge is -2.29. The summed E-state index contributed by atoms with van der Waals surface area (Å²) in [6.45, 7) is 0.580. The van der Waals surface area contributed by atoms with Crippen LogP contribution in [0.4, 0.5) is 0 Å². The number of benzene rings is 1. The van der Waals surface area contributed by atoms with E-state index in [1.807, 2.05) is 30.3 Å². The maximum atomic E-state index is 12.5. The Morgan fingerprint density at radius 2 is 1.81 bits per heavy atom. The maximum Gasteiger partial charge on any atom is 0.251 e. The van der Waals surface area contributed by atoms with E-state index < -0.39 is 12.1 Å². The predicted octanol–water partition coefficient (Wildman–Crippen LogP) is 2.50. The molecule has 2 amide bonds. The van der Waals surface area contributed by atoms with E-state index in [-0.39, 0.29) is 17.9 Å². The third-order valence-corrected chi connectivity index (χ3v) is 5.38. The van der Waals surface area contributed by atoms with E-state index in [9.17, 15) is 14.7 Å². The zero-order chi connectivity index (χ0) is 18.4. The molecule has 2 atom stereocenters. The van der Waals surface area contributed by atoms with Crippen LogP contribution in [0.25, 0.3) is 6.08 Å². The fourth-order valence-electron chi connectivity index (χ4n) is 3.93. The van der Waals surface area contributed by atoms with Crippen LogP contribution < -0.4 is 5.32 Å². The number of nitrogens with zero attached hydrogens (tertiary/aromatic N) is 1. The number of carbonyl (C=O) groups is 2. The van der Waals surface area contributed by atoms with Gasteiger partial charge in [-0.3, -0.25) is 9.59 Å². The van der Waals surface area contributed by atoms with Crippen LogP contribution in [0.1, 0.15) is 50.5 Å². The number of nitrogens with one attached hydrogen (secondary N) is 1. The van der Waals surface area contributed by atoms with Gasteiger partial charge in [0.2, 0.25) is 5.91 Å². The van der Waals surface area contributed by atoms with Gasteiger partial charge in [-0.15, -0.1) is 0 Å². The van der Waals surface area contributed by atoms with Crippen molar-refractivity contribution in [2.75, 3.05) is 6.54 Å². The average Bonchev–Trinajstić information content (AvgIpc) is 3.17. The van der Waals surface area contributed by atoms with Crippen LogP contribution in [0.2, 0.25) is 0 Å². The van der Waals surface area contributed by atoms with Gasteiger partial charge < -0.3 is 15.3 Å². The first-order valence-electron chi connectivity index (χ1n) is 9.67. The van der Waals surface area contributed by atoms with Gasteiger partial charge >= 0.3 is 0 Å². The maximum absolute atomic E-state index is 12.5. The fraction of sp³-hybridized carbons (Fsp3) is 0.524. The number of carbonyl (C=O) groups excluding carboxylic acids is 2. The first kappa shape index (κ1) is 18.6.